The van der Waals surface area contributed by atoms with Gasteiger partial charge in [0, 0.05) is 19.1 Å². The number of hydrogen-bond acceptors (Lipinski definition) is 3. The Balaban J connectivity index is 2.49. The molecule has 0 saturated carbocycles. The summed E-state index contributed by atoms with van der Waals surface area (Å²) in [5.41, 5.74) is 0. The highest BCUT2D eigenvalue weighted by molar-refractivity contribution is 5.78. The summed E-state index contributed by atoms with van der Waals surface area (Å²) in [7, 11) is 3.87. The molecule has 0 aromatic rings. The van der Waals surface area contributed by atoms with Crippen LogP contribution >= 0.6 is 0 Å². The van der Waals surface area contributed by atoms with Crippen LogP contribution in [0.1, 0.15) is 19.8 Å². The fourth-order valence-corrected chi connectivity index (χ4v) is 2.10. The fraction of sp³-hybridized carbons (Fsp3) is 0.909. The molecule has 1 heterocycles. The minimum atomic E-state index is 0.246. The molecule has 1 aliphatic rings. The van der Waals surface area contributed by atoms with Crippen molar-refractivity contribution in [2.24, 2.45) is 0 Å². The van der Waals surface area contributed by atoms with Gasteiger partial charge in [0.1, 0.15) is 0 Å². The normalized spacial score (nSPS) is 21.7. The first-order valence-electron chi connectivity index (χ1n) is 5.80. The molecule has 88 valence electrons. The fourth-order valence-electron chi connectivity index (χ4n) is 2.10. The molecule has 4 nitrogen and oxygen atoms in total. The van der Waals surface area contributed by atoms with Crippen LogP contribution in [0.5, 0.6) is 0 Å². The number of nitrogens with zero attached hydrogens (tertiary/aromatic N) is 2. The maximum atomic E-state index is 11.9. The number of carbonyl (C=O) groups is 1. The third-order valence-electron chi connectivity index (χ3n) is 2.82. The van der Waals surface area contributed by atoms with Crippen molar-refractivity contribution in [1.82, 2.24) is 15.1 Å². The van der Waals surface area contributed by atoms with E-state index in [4.69, 9.17) is 0 Å². The van der Waals surface area contributed by atoms with E-state index in [9.17, 15) is 4.79 Å². The summed E-state index contributed by atoms with van der Waals surface area (Å²) >= 11 is 0. The maximum absolute atomic E-state index is 11.9. The second kappa shape index (κ2) is 6.08. The molecular weight excluding hydrogens is 190 g/mol. The predicted octanol–water partition coefficient (Wildman–Crippen LogP) is 0.149. The van der Waals surface area contributed by atoms with Crippen LogP contribution in [0.2, 0.25) is 0 Å². The van der Waals surface area contributed by atoms with Gasteiger partial charge in [0.15, 0.2) is 0 Å². The minimum Gasteiger partial charge on any atom is -0.338 e. The van der Waals surface area contributed by atoms with Crippen molar-refractivity contribution in [3.63, 3.8) is 0 Å². The van der Waals surface area contributed by atoms with Crippen LogP contribution in [-0.4, -0.2) is 62.0 Å². The largest absolute Gasteiger partial charge is 0.338 e. The zero-order valence-electron chi connectivity index (χ0n) is 10.1. The van der Waals surface area contributed by atoms with Crippen molar-refractivity contribution in [1.29, 1.82) is 0 Å². The molecule has 0 aromatic heterocycles. The Labute approximate surface area is 92.6 Å². The number of carbonyl (C=O) groups excluding carboxylic acids is 1. The van der Waals surface area contributed by atoms with E-state index in [1.165, 1.54) is 6.42 Å². The molecule has 0 aliphatic carbocycles. The van der Waals surface area contributed by atoms with E-state index in [-0.39, 0.29) is 5.91 Å². The zero-order chi connectivity index (χ0) is 11.3. The van der Waals surface area contributed by atoms with Crippen LogP contribution in [-0.2, 0) is 4.79 Å². The second-order valence-electron chi connectivity index (χ2n) is 4.42. The Bertz CT molecular complexity index is 200. The number of likely N-dealkylation sites (N-methyl/N-ethyl adjacent to an activating group) is 2. The highest BCUT2D eigenvalue weighted by Gasteiger charge is 2.23. The summed E-state index contributed by atoms with van der Waals surface area (Å²) in [6, 6.07) is 0.399. The number of piperidine rings is 1. The van der Waals surface area contributed by atoms with Gasteiger partial charge < -0.3 is 15.1 Å². The molecule has 1 aliphatic heterocycles. The van der Waals surface area contributed by atoms with Gasteiger partial charge in [-0.1, -0.05) is 0 Å². The summed E-state index contributed by atoms with van der Waals surface area (Å²) in [5, 5.41) is 3.35. The van der Waals surface area contributed by atoms with Gasteiger partial charge in [0.2, 0.25) is 5.91 Å². The van der Waals surface area contributed by atoms with Gasteiger partial charge in [0.05, 0.1) is 6.54 Å². The summed E-state index contributed by atoms with van der Waals surface area (Å²) < 4.78 is 0. The lowest BCUT2D eigenvalue weighted by Gasteiger charge is -2.34. The van der Waals surface area contributed by atoms with Crippen molar-refractivity contribution in [3.05, 3.63) is 0 Å². The number of nitrogens with one attached hydrogen (secondary N) is 1. The molecule has 1 saturated heterocycles. The average molecular weight is 213 g/mol. The van der Waals surface area contributed by atoms with Crippen molar-refractivity contribution < 1.29 is 4.79 Å². The number of hydrogen-bond donors (Lipinski definition) is 1. The van der Waals surface area contributed by atoms with Crippen LogP contribution in [0, 0.1) is 0 Å². The Morgan fingerprint density at radius 1 is 1.47 bits per heavy atom. The number of amides is 1. The van der Waals surface area contributed by atoms with Crippen LogP contribution < -0.4 is 5.32 Å². The molecule has 1 atom stereocenters. The molecule has 0 bridgehead atoms. The van der Waals surface area contributed by atoms with Crippen molar-refractivity contribution >= 4 is 5.91 Å². The molecule has 4 heteroatoms. The van der Waals surface area contributed by atoms with E-state index < -0.39 is 0 Å². The molecule has 1 rings (SSSR count). The van der Waals surface area contributed by atoms with Crippen LogP contribution in [0.15, 0.2) is 0 Å². The van der Waals surface area contributed by atoms with E-state index in [2.05, 4.69) is 12.2 Å². The van der Waals surface area contributed by atoms with Crippen LogP contribution in [0.3, 0.4) is 0 Å². The minimum absolute atomic E-state index is 0.246. The molecule has 1 amide bonds. The first-order valence-corrected chi connectivity index (χ1v) is 5.80. The van der Waals surface area contributed by atoms with Crippen molar-refractivity contribution in [2.75, 3.05) is 40.3 Å². The molecule has 1 unspecified atom stereocenters. The van der Waals surface area contributed by atoms with Gasteiger partial charge in [0.25, 0.3) is 0 Å². The molecule has 1 fully saturated rings. The SMILES string of the molecule is CCN(C(=O)CN(C)C)C1CCCNC1. The lowest BCUT2D eigenvalue weighted by Crippen LogP contribution is -2.50. The lowest BCUT2D eigenvalue weighted by atomic mass is 10.1. The molecular formula is C11H23N3O. The topological polar surface area (TPSA) is 35.6 Å². The standard InChI is InChI=1S/C11H23N3O/c1-4-14(11(15)9-13(2)3)10-6-5-7-12-8-10/h10,12H,4-9H2,1-3H3. The third-order valence-corrected chi connectivity index (χ3v) is 2.82. The van der Waals surface area contributed by atoms with E-state index in [1.54, 1.807) is 0 Å². The molecule has 15 heavy (non-hydrogen) atoms. The highest BCUT2D eigenvalue weighted by Crippen LogP contribution is 2.10. The predicted molar refractivity (Wildman–Crippen MR) is 61.8 cm³/mol. The van der Waals surface area contributed by atoms with Crippen molar-refractivity contribution in [3.8, 4) is 0 Å². The maximum Gasteiger partial charge on any atom is 0.237 e. The lowest BCUT2D eigenvalue weighted by molar-refractivity contribution is -0.134. The Kier molecular flexibility index (Phi) is 5.05. The van der Waals surface area contributed by atoms with E-state index in [1.807, 2.05) is 23.9 Å². The third kappa shape index (κ3) is 3.80. The van der Waals surface area contributed by atoms with E-state index in [0.29, 0.717) is 12.6 Å². The number of rotatable bonds is 4. The van der Waals surface area contributed by atoms with Gasteiger partial charge in [-0.25, -0.2) is 0 Å². The average Bonchev–Trinajstić information content (AvgIpc) is 2.19. The van der Waals surface area contributed by atoms with E-state index >= 15 is 0 Å². The van der Waals surface area contributed by atoms with Crippen LogP contribution in [0.25, 0.3) is 0 Å². The highest BCUT2D eigenvalue weighted by atomic mass is 16.2. The van der Waals surface area contributed by atoms with Crippen molar-refractivity contribution in [2.45, 2.75) is 25.8 Å². The second-order valence-corrected chi connectivity index (χ2v) is 4.42. The first-order chi connectivity index (χ1) is 7.15. The van der Waals surface area contributed by atoms with Gasteiger partial charge in [-0.05, 0) is 40.4 Å². The quantitative estimate of drug-likeness (QED) is 0.722. The first kappa shape index (κ1) is 12.5. The van der Waals surface area contributed by atoms with Gasteiger partial charge in [-0.2, -0.15) is 0 Å². The molecule has 0 radical (unpaired) electrons. The summed E-state index contributed by atoms with van der Waals surface area (Å²) in [5.74, 6) is 0.246. The summed E-state index contributed by atoms with van der Waals surface area (Å²) in [6.07, 6.45) is 2.32. The van der Waals surface area contributed by atoms with Gasteiger partial charge in [-0.15, -0.1) is 0 Å². The van der Waals surface area contributed by atoms with E-state index in [0.717, 1.165) is 26.1 Å². The molecule has 1 N–H and O–H groups in total. The van der Waals surface area contributed by atoms with Gasteiger partial charge >= 0.3 is 0 Å². The smallest absolute Gasteiger partial charge is 0.237 e. The summed E-state index contributed by atoms with van der Waals surface area (Å²) in [4.78, 5) is 15.9. The van der Waals surface area contributed by atoms with Crippen LogP contribution in [0.4, 0.5) is 0 Å². The molecule has 0 aromatic carbocycles. The molecule has 0 spiro atoms. The zero-order valence-corrected chi connectivity index (χ0v) is 10.1. The van der Waals surface area contributed by atoms with Gasteiger partial charge in [-0.3, -0.25) is 4.79 Å². The Morgan fingerprint density at radius 3 is 2.67 bits per heavy atom. The Hall–Kier alpha value is -0.610. The summed E-state index contributed by atoms with van der Waals surface area (Å²) in [6.45, 7) is 5.44. The Morgan fingerprint density at radius 2 is 2.20 bits per heavy atom. The monoisotopic (exact) mass is 213 g/mol.